The second kappa shape index (κ2) is 6.55. The monoisotopic (exact) mass is 245 g/mol. The van der Waals surface area contributed by atoms with Crippen molar-refractivity contribution in [1.82, 2.24) is 0 Å². The molecule has 94 valence electrons. The Morgan fingerprint density at radius 2 is 1.94 bits per heavy atom. The summed E-state index contributed by atoms with van der Waals surface area (Å²) in [5, 5.41) is 17.5. The Kier molecular flexibility index (Phi) is 5.06. The Morgan fingerprint density at radius 1 is 1.33 bits per heavy atom. The molecule has 18 heavy (non-hydrogen) atoms. The molecule has 1 unspecified atom stereocenters. The lowest BCUT2D eigenvalue weighted by Gasteiger charge is -2.05. The van der Waals surface area contributed by atoms with Gasteiger partial charge < -0.3 is 5.11 Å². The average molecular weight is 245 g/mol. The molecule has 0 aliphatic carbocycles. The number of rotatable bonds is 6. The number of carbonyl (C=O) groups excluding carboxylic acids is 1. The highest BCUT2D eigenvalue weighted by molar-refractivity contribution is 5.87. The molecule has 0 aromatic heterocycles. The van der Waals surface area contributed by atoms with Gasteiger partial charge in [0, 0.05) is 0 Å². The van der Waals surface area contributed by atoms with E-state index in [0.29, 0.717) is 6.42 Å². The molecule has 4 heteroatoms. The van der Waals surface area contributed by atoms with Gasteiger partial charge in [0.25, 0.3) is 0 Å². The van der Waals surface area contributed by atoms with Crippen molar-refractivity contribution in [2.75, 3.05) is 0 Å². The molecule has 0 aliphatic heterocycles. The summed E-state index contributed by atoms with van der Waals surface area (Å²) in [6, 6.07) is 8.63. The van der Waals surface area contributed by atoms with E-state index in [-0.39, 0.29) is 11.3 Å². The predicted molar refractivity (Wildman–Crippen MR) is 66.1 cm³/mol. The average Bonchev–Trinajstić information content (AvgIpc) is 2.34. The Labute approximate surface area is 106 Å². The topological polar surface area (TPSA) is 78.2 Å². The summed E-state index contributed by atoms with van der Waals surface area (Å²) in [7, 11) is 0. The SMILES string of the molecule is CC(=O)C(C#N)CCCc1ccc(C(=O)O)cc1. The van der Waals surface area contributed by atoms with Crippen molar-refractivity contribution in [2.45, 2.75) is 26.2 Å². The van der Waals surface area contributed by atoms with Crippen molar-refractivity contribution in [2.24, 2.45) is 5.92 Å². The molecule has 4 nitrogen and oxygen atoms in total. The second-order valence-corrected chi connectivity index (χ2v) is 4.19. The number of hydrogen-bond acceptors (Lipinski definition) is 3. The molecule has 1 aromatic carbocycles. The van der Waals surface area contributed by atoms with Crippen LogP contribution in [0.2, 0.25) is 0 Å². The Balaban J connectivity index is 2.47. The number of aromatic carboxylic acids is 1. The minimum absolute atomic E-state index is 0.0984. The Morgan fingerprint density at radius 3 is 2.39 bits per heavy atom. The molecule has 0 saturated carbocycles. The van der Waals surface area contributed by atoms with E-state index in [2.05, 4.69) is 0 Å². The zero-order valence-corrected chi connectivity index (χ0v) is 10.2. The first-order valence-corrected chi connectivity index (χ1v) is 5.77. The largest absolute Gasteiger partial charge is 0.478 e. The van der Waals surface area contributed by atoms with Crippen LogP contribution in [0.4, 0.5) is 0 Å². The molecule has 1 aromatic rings. The van der Waals surface area contributed by atoms with Gasteiger partial charge in [0.05, 0.1) is 11.6 Å². The number of nitriles is 1. The molecular weight excluding hydrogens is 230 g/mol. The van der Waals surface area contributed by atoms with Crippen LogP contribution >= 0.6 is 0 Å². The molecule has 0 heterocycles. The zero-order valence-electron chi connectivity index (χ0n) is 10.2. The lowest BCUT2D eigenvalue weighted by molar-refractivity contribution is -0.119. The molecule has 1 rings (SSSR count). The molecule has 0 fully saturated rings. The minimum atomic E-state index is -0.942. The maximum absolute atomic E-state index is 11.0. The van der Waals surface area contributed by atoms with E-state index < -0.39 is 11.9 Å². The summed E-state index contributed by atoms with van der Waals surface area (Å²) in [4.78, 5) is 21.7. The van der Waals surface area contributed by atoms with Crippen LogP contribution in [0.3, 0.4) is 0 Å². The smallest absolute Gasteiger partial charge is 0.335 e. The third kappa shape index (κ3) is 4.02. The van der Waals surface area contributed by atoms with E-state index in [9.17, 15) is 9.59 Å². The fourth-order valence-electron chi connectivity index (χ4n) is 1.68. The third-order valence-electron chi connectivity index (χ3n) is 2.81. The quantitative estimate of drug-likeness (QED) is 0.834. The van der Waals surface area contributed by atoms with Crippen molar-refractivity contribution in [3.8, 4) is 6.07 Å². The van der Waals surface area contributed by atoms with Gasteiger partial charge in [-0.05, 0) is 43.9 Å². The highest BCUT2D eigenvalue weighted by atomic mass is 16.4. The molecule has 0 saturated heterocycles. The summed E-state index contributed by atoms with van der Waals surface area (Å²) in [5.74, 6) is -1.57. The maximum atomic E-state index is 11.0. The number of carboxylic acid groups (broad SMARTS) is 1. The first-order chi connectivity index (χ1) is 8.54. The van der Waals surface area contributed by atoms with Crippen molar-refractivity contribution >= 4 is 11.8 Å². The molecular formula is C14H15NO3. The Bertz CT molecular complexity index is 471. The van der Waals surface area contributed by atoms with Crippen LogP contribution in [0.5, 0.6) is 0 Å². The summed E-state index contributed by atoms with van der Waals surface area (Å²) in [6.45, 7) is 1.43. The number of ketones is 1. The van der Waals surface area contributed by atoms with Crippen molar-refractivity contribution in [1.29, 1.82) is 5.26 Å². The van der Waals surface area contributed by atoms with Crippen molar-refractivity contribution in [3.63, 3.8) is 0 Å². The molecule has 0 amide bonds. The molecule has 0 bridgehead atoms. The normalized spacial score (nSPS) is 11.6. The lowest BCUT2D eigenvalue weighted by Crippen LogP contribution is -2.08. The first-order valence-electron chi connectivity index (χ1n) is 5.77. The molecule has 0 radical (unpaired) electrons. The highest BCUT2D eigenvalue weighted by Gasteiger charge is 2.12. The number of hydrogen-bond donors (Lipinski definition) is 1. The van der Waals surface area contributed by atoms with Crippen LogP contribution in [-0.4, -0.2) is 16.9 Å². The van der Waals surface area contributed by atoms with Crippen LogP contribution in [0, 0.1) is 17.2 Å². The Hall–Kier alpha value is -2.15. The predicted octanol–water partition coefficient (Wildman–Crippen LogP) is 2.44. The van der Waals surface area contributed by atoms with Crippen LogP contribution in [-0.2, 0) is 11.2 Å². The van der Waals surface area contributed by atoms with Crippen LogP contribution in [0.15, 0.2) is 24.3 Å². The highest BCUT2D eigenvalue weighted by Crippen LogP contribution is 2.12. The van der Waals surface area contributed by atoms with Gasteiger partial charge in [-0.25, -0.2) is 4.79 Å². The maximum Gasteiger partial charge on any atom is 0.335 e. The summed E-state index contributed by atoms with van der Waals surface area (Å²) >= 11 is 0. The number of carbonyl (C=O) groups is 2. The second-order valence-electron chi connectivity index (χ2n) is 4.19. The van der Waals surface area contributed by atoms with Gasteiger partial charge in [0.1, 0.15) is 11.7 Å². The third-order valence-corrected chi connectivity index (χ3v) is 2.81. The number of benzene rings is 1. The van der Waals surface area contributed by atoms with Crippen LogP contribution < -0.4 is 0 Å². The van der Waals surface area contributed by atoms with E-state index >= 15 is 0 Å². The fraction of sp³-hybridized carbons (Fsp3) is 0.357. The van der Waals surface area contributed by atoms with E-state index in [1.54, 1.807) is 24.3 Å². The van der Waals surface area contributed by atoms with Gasteiger partial charge in [0.2, 0.25) is 0 Å². The summed E-state index contributed by atoms with van der Waals surface area (Å²) < 4.78 is 0. The van der Waals surface area contributed by atoms with Crippen LogP contribution in [0.1, 0.15) is 35.7 Å². The lowest BCUT2D eigenvalue weighted by atomic mass is 9.97. The van der Waals surface area contributed by atoms with E-state index in [1.807, 2.05) is 6.07 Å². The molecule has 0 aliphatic rings. The van der Waals surface area contributed by atoms with Gasteiger partial charge in [0.15, 0.2) is 0 Å². The van der Waals surface area contributed by atoms with Crippen molar-refractivity contribution < 1.29 is 14.7 Å². The minimum Gasteiger partial charge on any atom is -0.478 e. The van der Waals surface area contributed by atoms with Gasteiger partial charge in [-0.3, -0.25) is 4.79 Å². The van der Waals surface area contributed by atoms with Gasteiger partial charge in [-0.2, -0.15) is 5.26 Å². The zero-order chi connectivity index (χ0) is 13.5. The van der Waals surface area contributed by atoms with Gasteiger partial charge in [-0.15, -0.1) is 0 Å². The van der Waals surface area contributed by atoms with Crippen LogP contribution in [0.25, 0.3) is 0 Å². The number of nitrogens with zero attached hydrogens (tertiary/aromatic N) is 1. The van der Waals surface area contributed by atoms with E-state index in [4.69, 9.17) is 10.4 Å². The molecule has 0 spiro atoms. The standard InChI is InChI=1S/C14H15NO3/c1-10(16)13(9-15)4-2-3-11-5-7-12(8-6-11)14(17)18/h5-8,13H,2-4H2,1H3,(H,17,18). The number of carboxylic acids is 1. The van der Waals surface area contributed by atoms with Gasteiger partial charge >= 0.3 is 5.97 Å². The molecule has 1 N–H and O–H groups in total. The summed E-state index contributed by atoms with van der Waals surface area (Å²) in [5.41, 5.74) is 1.28. The fourth-order valence-corrected chi connectivity index (χ4v) is 1.68. The van der Waals surface area contributed by atoms with E-state index in [0.717, 1.165) is 18.4 Å². The molecule has 1 atom stereocenters. The van der Waals surface area contributed by atoms with Gasteiger partial charge in [-0.1, -0.05) is 12.1 Å². The summed E-state index contributed by atoms with van der Waals surface area (Å²) in [6.07, 6.45) is 2.03. The number of Topliss-reactive ketones (excluding diaryl/α,β-unsaturated/α-hetero) is 1. The number of aryl methyl sites for hydroxylation is 1. The van der Waals surface area contributed by atoms with E-state index in [1.165, 1.54) is 6.92 Å². The first kappa shape index (κ1) is 13.9. The van der Waals surface area contributed by atoms with Crippen molar-refractivity contribution in [3.05, 3.63) is 35.4 Å².